The average Bonchev–Trinajstić information content (AvgIpc) is 2.63. The first-order valence-corrected chi connectivity index (χ1v) is 6.00. The smallest absolute Gasteiger partial charge is 0.142 e. The third-order valence-corrected chi connectivity index (χ3v) is 3.07. The molecule has 0 bridgehead atoms. The van der Waals surface area contributed by atoms with E-state index in [-0.39, 0.29) is 0 Å². The molecule has 2 N–H and O–H groups in total. The molecule has 0 radical (unpaired) electrons. The van der Waals surface area contributed by atoms with Crippen LogP contribution >= 0.6 is 22.9 Å². The van der Waals surface area contributed by atoms with Crippen LogP contribution in [0.25, 0.3) is 0 Å². The number of ether oxygens (including phenoxy) is 1. The van der Waals surface area contributed by atoms with Gasteiger partial charge in [-0.15, -0.1) is 11.3 Å². The molecule has 0 atom stereocenters. The zero-order chi connectivity index (χ0) is 11.5. The number of rotatable bonds is 3. The molecule has 2 rings (SSSR count). The van der Waals surface area contributed by atoms with Crippen LogP contribution in [0, 0.1) is 6.92 Å². The second-order valence-electron chi connectivity index (χ2n) is 3.33. The molecule has 2 aromatic rings. The average molecular weight is 255 g/mol. The normalized spacial score (nSPS) is 10.4. The second kappa shape index (κ2) is 4.72. The van der Waals surface area contributed by atoms with E-state index in [0.717, 1.165) is 10.7 Å². The van der Waals surface area contributed by atoms with Crippen molar-refractivity contribution >= 4 is 28.6 Å². The van der Waals surface area contributed by atoms with Crippen LogP contribution in [0.4, 0.5) is 5.69 Å². The lowest BCUT2D eigenvalue weighted by Gasteiger charge is -2.07. The molecule has 1 heterocycles. The number of nitrogens with zero attached hydrogens (tertiary/aromatic N) is 1. The maximum Gasteiger partial charge on any atom is 0.142 e. The minimum absolute atomic E-state index is 0.427. The van der Waals surface area contributed by atoms with E-state index in [9.17, 15) is 0 Å². The van der Waals surface area contributed by atoms with Gasteiger partial charge in [-0.2, -0.15) is 0 Å². The summed E-state index contributed by atoms with van der Waals surface area (Å²) in [5.41, 5.74) is 7.22. The number of halogens is 1. The van der Waals surface area contributed by atoms with Crippen molar-refractivity contribution in [1.82, 2.24) is 4.98 Å². The molecule has 16 heavy (non-hydrogen) atoms. The van der Waals surface area contributed by atoms with Crippen LogP contribution < -0.4 is 10.5 Å². The highest BCUT2D eigenvalue weighted by atomic mass is 35.5. The SMILES string of the molecule is Cc1nc(COc2ccc(Cl)cc2N)cs1. The molecule has 0 spiro atoms. The number of hydrogen-bond acceptors (Lipinski definition) is 4. The van der Waals surface area contributed by atoms with Crippen molar-refractivity contribution in [3.05, 3.63) is 39.3 Å². The summed E-state index contributed by atoms with van der Waals surface area (Å²) >= 11 is 7.39. The number of nitrogens with two attached hydrogens (primary N) is 1. The van der Waals surface area contributed by atoms with Gasteiger partial charge in [-0.05, 0) is 25.1 Å². The van der Waals surface area contributed by atoms with E-state index < -0.39 is 0 Å². The van der Waals surface area contributed by atoms with E-state index in [1.165, 1.54) is 0 Å². The van der Waals surface area contributed by atoms with Crippen molar-refractivity contribution in [3.8, 4) is 5.75 Å². The van der Waals surface area contributed by atoms with Gasteiger partial charge < -0.3 is 10.5 Å². The van der Waals surface area contributed by atoms with Crippen molar-refractivity contribution in [3.63, 3.8) is 0 Å². The Bertz CT molecular complexity index is 498. The minimum atomic E-state index is 0.427. The molecule has 0 aliphatic heterocycles. The Kier molecular flexibility index (Phi) is 3.31. The summed E-state index contributed by atoms with van der Waals surface area (Å²) in [6, 6.07) is 5.18. The highest BCUT2D eigenvalue weighted by molar-refractivity contribution is 7.09. The first-order chi connectivity index (χ1) is 7.65. The van der Waals surface area contributed by atoms with E-state index in [1.807, 2.05) is 12.3 Å². The van der Waals surface area contributed by atoms with Crippen LogP contribution in [-0.2, 0) is 6.61 Å². The summed E-state index contributed by atoms with van der Waals surface area (Å²) < 4.78 is 5.55. The van der Waals surface area contributed by atoms with Crippen LogP contribution in [0.5, 0.6) is 5.75 Å². The van der Waals surface area contributed by atoms with Gasteiger partial charge >= 0.3 is 0 Å². The predicted molar refractivity (Wildman–Crippen MR) is 67.0 cm³/mol. The van der Waals surface area contributed by atoms with Gasteiger partial charge in [0, 0.05) is 10.4 Å². The molecule has 1 aromatic heterocycles. The molecule has 0 aliphatic rings. The molecule has 0 saturated heterocycles. The summed E-state index contributed by atoms with van der Waals surface area (Å²) in [7, 11) is 0. The maximum atomic E-state index is 5.79. The molecule has 0 unspecified atom stereocenters. The molecule has 5 heteroatoms. The molecule has 1 aromatic carbocycles. The number of nitrogen functional groups attached to an aromatic ring is 1. The third-order valence-electron chi connectivity index (χ3n) is 2.01. The van der Waals surface area contributed by atoms with Gasteiger partial charge in [0.2, 0.25) is 0 Å². The molecule has 84 valence electrons. The number of aromatic nitrogens is 1. The van der Waals surface area contributed by atoms with Gasteiger partial charge in [-0.1, -0.05) is 11.6 Å². The molecular formula is C11H11ClN2OS. The van der Waals surface area contributed by atoms with E-state index >= 15 is 0 Å². The van der Waals surface area contributed by atoms with Gasteiger partial charge in [0.25, 0.3) is 0 Å². The van der Waals surface area contributed by atoms with E-state index in [0.29, 0.717) is 23.1 Å². The minimum Gasteiger partial charge on any atom is -0.485 e. The van der Waals surface area contributed by atoms with Gasteiger partial charge in [0.15, 0.2) is 0 Å². The summed E-state index contributed by atoms with van der Waals surface area (Å²) in [4.78, 5) is 4.30. The van der Waals surface area contributed by atoms with Gasteiger partial charge in [-0.25, -0.2) is 4.98 Å². The first kappa shape index (κ1) is 11.2. The number of benzene rings is 1. The number of thiazole rings is 1. The summed E-state index contributed by atoms with van der Waals surface area (Å²) in [5, 5.41) is 3.61. The molecule has 0 aliphatic carbocycles. The van der Waals surface area contributed by atoms with E-state index in [4.69, 9.17) is 22.1 Å². The summed E-state index contributed by atoms with van der Waals surface area (Å²) in [5.74, 6) is 0.634. The quantitative estimate of drug-likeness (QED) is 0.856. The second-order valence-corrected chi connectivity index (χ2v) is 4.83. The van der Waals surface area contributed by atoms with Gasteiger partial charge in [0.1, 0.15) is 12.4 Å². The van der Waals surface area contributed by atoms with Crippen LogP contribution in [-0.4, -0.2) is 4.98 Å². The van der Waals surface area contributed by atoms with Crippen molar-refractivity contribution in [2.24, 2.45) is 0 Å². The molecule has 3 nitrogen and oxygen atoms in total. The Balaban J connectivity index is 2.04. The molecular weight excluding hydrogens is 244 g/mol. The molecule has 0 amide bonds. The van der Waals surface area contributed by atoms with Crippen LogP contribution in [0.3, 0.4) is 0 Å². The fourth-order valence-corrected chi connectivity index (χ4v) is 2.05. The summed E-state index contributed by atoms with van der Waals surface area (Å²) in [6.07, 6.45) is 0. The lowest BCUT2D eigenvalue weighted by atomic mass is 10.3. The number of hydrogen-bond donors (Lipinski definition) is 1. The Labute approximate surface area is 103 Å². The van der Waals surface area contributed by atoms with E-state index in [2.05, 4.69) is 4.98 Å². The fourth-order valence-electron chi connectivity index (χ4n) is 1.28. The van der Waals surface area contributed by atoms with Crippen molar-refractivity contribution in [2.75, 3.05) is 5.73 Å². The maximum absolute atomic E-state index is 5.79. The third kappa shape index (κ3) is 2.65. The molecule has 0 saturated carbocycles. The molecule has 0 fully saturated rings. The first-order valence-electron chi connectivity index (χ1n) is 4.74. The largest absolute Gasteiger partial charge is 0.485 e. The Hall–Kier alpha value is -1.26. The predicted octanol–water partition coefficient (Wildman–Crippen LogP) is 3.27. The van der Waals surface area contributed by atoms with Crippen molar-refractivity contribution < 1.29 is 4.74 Å². The van der Waals surface area contributed by atoms with Crippen molar-refractivity contribution in [1.29, 1.82) is 0 Å². The lowest BCUT2D eigenvalue weighted by molar-refractivity contribution is 0.303. The Morgan fingerprint density at radius 2 is 2.31 bits per heavy atom. The van der Waals surface area contributed by atoms with Gasteiger partial charge in [0.05, 0.1) is 16.4 Å². The fraction of sp³-hybridized carbons (Fsp3) is 0.182. The highest BCUT2D eigenvalue weighted by Gasteiger charge is 2.03. The van der Waals surface area contributed by atoms with Crippen LogP contribution in [0.1, 0.15) is 10.7 Å². The zero-order valence-electron chi connectivity index (χ0n) is 8.74. The van der Waals surface area contributed by atoms with Crippen LogP contribution in [0.2, 0.25) is 5.02 Å². The van der Waals surface area contributed by atoms with Gasteiger partial charge in [-0.3, -0.25) is 0 Å². The number of anilines is 1. The lowest BCUT2D eigenvalue weighted by Crippen LogP contribution is -1.98. The highest BCUT2D eigenvalue weighted by Crippen LogP contribution is 2.25. The topological polar surface area (TPSA) is 48.1 Å². The van der Waals surface area contributed by atoms with Crippen molar-refractivity contribution in [2.45, 2.75) is 13.5 Å². The standard InChI is InChI=1S/C11H11ClN2OS/c1-7-14-9(6-16-7)5-15-11-3-2-8(12)4-10(11)13/h2-4,6H,5,13H2,1H3. The van der Waals surface area contributed by atoms with Crippen LogP contribution in [0.15, 0.2) is 23.6 Å². The Morgan fingerprint density at radius 3 is 2.94 bits per heavy atom. The monoisotopic (exact) mass is 254 g/mol. The Morgan fingerprint density at radius 1 is 1.50 bits per heavy atom. The zero-order valence-corrected chi connectivity index (χ0v) is 10.3. The number of aryl methyl sites for hydroxylation is 1. The summed E-state index contributed by atoms with van der Waals surface area (Å²) in [6.45, 7) is 2.39. The van der Waals surface area contributed by atoms with E-state index in [1.54, 1.807) is 29.5 Å².